The van der Waals surface area contributed by atoms with Crippen molar-refractivity contribution in [3.63, 3.8) is 0 Å². The van der Waals surface area contributed by atoms with Crippen molar-refractivity contribution in [3.05, 3.63) is 29.8 Å². The van der Waals surface area contributed by atoms with Crippen LogP contribution in [0.15, 0.2) is 24.3 Å². The van der Waals surface area contributed by atoms with Crippen LogP contribution in [0.5, 0.6) is 5.75 Å². The van der Waals surface area contributed by atoms with Crippen molar-refractivity contribution >= 4 is 23.2 Å². The lowest BCUT2D eigenvalue weighted by Gasteiger charge is -2.13. The molecule has 104 valence electrons. The molecule has 0 atom stereocenters. The van der Waals surface area contributed by atoms with Gasteiger partial charge in [-0.3, -0.25) is 15.6 Å². The SMILES string of the molecule is NC(=S)NNC(=O)Cc1ccccc1OC(F)(F)F. The van der Waals surface area contributed by atoms with Gasteiger partial charge in [-0.15, -0.1) is 13.2 Å². The molecule has 9 heteroatoms. The molecule has 0 aliphatic carbocycles. The van der Waals surface area contributed by atoms with E-state index in [0.29, 0.717) is 0 Å². The van der Waals surface area contributed by atoms with Gasteiger partial charge in [-0.05, 0) is 18.3 Å². The maximum Gasteiger partial charge on any atom is 0.573 e. The standard InChI is InChI=1S/C10H10F3N3O2S/c11-10(12,13)18-7-4-2-1-3-6(7)5-8(17)15-16-9(14)19/h1-4H,5H2,(H,15,17)(H3,14,16,19). The molecule has 1 aromatic rings. The number of rotatable bonds is 3. The zero-order chi connectivity index (χ0) is 14.5. The molecule has 0 aromatic heterocycles. The molecule has 0 unspecified atom stereocenters. The van der Waals surface area contributed by atoms with Crippen LogP contribution in [0.3, 0.4) is 0 Å². The predicted molar refractivity (Wildman–Crippen MR) is 64.9 cm³/mol. The minimum Gasteiger partial charge on any atom is -0.405 e. The lowest BCUT2D eigenvalue weighted by atomic mass is 10.1. The Balaban J connectivity index is 2.72. The van der Waals surface area contributed by atoms with Crippen LogP contribution in [-0.2, 0) is 11.2 Å². The van der Waals surface area contributed by atoms with E-state index in [4.69, 9.17) is 5.73 Å². The summed E-state index contributed by atoms with van der Waals surface area (Å²) in [6, 6.07) is 5.33. The van der Waals surface area contributed by atoms with Gasteiger partial charge in [0.05, 0.1) is 6.42 Å². The summed E-state index contributed by atoms with van der Waals surface area (Å²) in [4.78, 5) is 11.4. The van der Waals surface area contributed by atoms with Crippen LogP contribution in [0.2, 0.25) is 0 Å². The molecular weight excluding hydrogens is 283 g/mol. The van der Waals surface area contributed by atoms with E-state index in [1.54, 1.807) is 0 Å². The van der Waals surface area contributed by atoms with Gasteiger partial charge in [0, 0.05) is 5.56 Å². The Morgan fingerprint density at radius 3 is 2.53 bits per heavy atom. The molecule has 0 heterocycles. The highest BCUT2D eigenvalue weighted by Crippen LogP contribution is 2.26. The summed E-state index contributed by atoms with van der Waals surface area (Å²) >= 11 is 4.45. The highest BCUT2D eigenvalue weighted by molar-refractivity contribution is 7.80. The summed E-state index contributed by atoms with van der Waals surface area (Å²) in [5.41, 5.74) is 9.47. The fraction of sp³-hybridized carbons (Fsp3) is 0.200. The minimum absolute atomic E-state index is 0.0852. The molecule has 0 fully saturated rings. The first-order valence-corrected chi connectivity index (χ1v) is 5.36. The first-order chi connectivity index (χ1) is 8.78. The number of carbonyl (C=O) groups is 1. The van der Waals surface area contributed by atoms with Crippen LogP contribution in [-0.4, -0.2) is 17.4 Å². The smallest absolute Gasteiger partial charge is 0.405 e. The number of carbonyl (C=O) groups excluding carboxylic acids is 1. The molecule has 0 spiro atoms. The molecule has 5 nitrogen and oxygen atoms in total. The molecule has 19 heavy (non-hydrogen) atoms. The van der Waals surface area contributed by atoms with Crippen LogP contribution in [0.25, 0.3) is 0 Å². The Kier molecular flexibility index (Phi) is 4.93. The third kappa shape index (κ3) is 5.91. The Bertz CT molecular complexity index is 479. The predicted octanol–water partition coefficient (Wildman–Crippen LogP) is 0.992. The lowest BCUT2D eigenvalue weighted by molar-refractivity contribution is -0.274. The van der Waals surface area contributed by atoms with Gasteiger partial charge in [-0.1, -0.05) is 18.2 Å². The number of hydrazine groups is 1. The number of para-hydroxylation sites is 1. The van der Waals surface area contributed by atoms with Crippen LogP contribution in [0.4, 0.5) is 13.2 Å². The number of ether oxygens (including phenoxy) is 1. The number of hydrogen-bond donors (Lipinski definition) is 3. The summed E-state index contributed by atoms with van der Waals surface area (Å²) in [7, 11) is 0. The largest absolute Gasteiger partial charge is 0.573 e. The Morgan fingerprint density at radius 2 is 1.95 bits per heavy atom. The second-order valence-corrected chi connectivity index (χ2v) is 3.81. The van der Waals surface area contributed by atoms with Crippen LogP contribution < -0.4 is 21.3 Å². The summed E-state index contributed by atoms with van der Waals surface area (Å²) in [6.45, 7) is 0. The Labute approximate surface area is 111 Å². The third-order valence-corrected chi connectivity index (χ3v) is 1.98. The summed E-state index contributed by atoms with van der Waals surface area (Å²) in [6.07, 6.45) is -5.13. The molecule has 1 rings (SSSR count). The Hall–Kier alpha value is -2.03. The maximum atomic E-state index is 12.1. The van der Waals surface area contributed by atoms with Gasteiger partial charge in [-0.2, -0.15) is 0 Å². The van der Waals surface area contributed by atoms with Gasteiger partial charge in [0.1, 0.15) is 5.75 Å². The van der Waals surface area contributed by atoms with Crippen LogP contribution in [0.1, 0.15) is 5.56 Å². The van der Waals surface area contributed by atoms with Crippen molar-refractivity contribution in [1.82, 2.24) is 10.9 Å². The van der Waals surface area contributed by atoms with Crippen molar-refractivity contribution in [2.75, 3.05) is 0 Å². The third-order valence-electron chi connectivity index (χ3n) is 1.87. The summed E-state index contributed by atoms with van der Waals surface area (Å²) in [5.74, 6) is -1.04. The molecule has 0 bridgehead atoms. The molecular formula is C10H10F3N3O2S. The van der Waals surface area contributed by atoms with E-state index < -0.39 is 18.0 Å². The second kappa shape index (κ2) is 6.23. The van der Waals surface area contributed by atoms with Gasteiger partial charge in [0.15, 0.2) is 5.11 Å². The zero-order valence-corrected chi connectivity index (χ0v) is 10.3. The van der Waals surface area contributed by atoms with Crippen molar-refractivity contribution in [2.24, 2.45) is 5.73 Å². The van der Waals surface area contributed by atoms with E-state index in [9.17, 15) is 18.0 Å². The molecule has 0 aliphatic heterocycles. The first kappa shape index (κ1) is 15.0. The number of nitrogens with one attached hydrogen (secondary N) is 2. The fourth-order valence-corrected chi connectivity index (χ4v) is 1.27. The molecule has 0 saturated carbocycles. The second-order valence-electron chi connectivity index (χ2n) is 3.37. The van der Waals surface area contributed by atoms with E-state index in [0.717, 1.165) is 6.07 Å². The number of halogens is 3. The van der Waals surface area contributed by atoms with Gasteiger partial charge < -0.3 is 10.5 Å². The average molecular weight is 293 g/mol. The normalized spacial score (nSPS) is 10.7. The summed E-state index contributed by atoms with van der Waals surface area (Å²) < 4.78 is 40.2. The van der Waals surface area contributed by atoms with E-state index in [-0.39, 0.29) is 17.1 Å². The van der Waals surface area contributed by atoms with Crippen molar-refractivity contribution in [1.29, 1.82) is 0 Å². The Morgan fingerprint density at radius 1 is 1.32 bits per heavy atom. The van der Waals surface area contributed by atoms with Gasteiger partial charge in [-0.25, -0.2) is 0 Å². The topological polar surface area (TPSA) is 76.4 Å². The molecule has 0 aliphatic rings. The number of benzene rings is 1. The van der Waals surface area contributed by atoms with Gasteiger partial charge in [0.25, 0.3) is 0 Å². The highest BCUT2D eigenvalue weighted by Gasteiger charge is 2.32. The van der Waals surface area contributed by atoms with Crippen molar-refractivity contribution < 1.29 is 22.7 Å². The van der Waals surface area contributed by atoms with Crippen LogP contribution >= 0.6 is 12.2 Å². The van der Waals surface area contributed by atoms with Gasteiger partial charge in [0.2, 0.25) is 5.91 Å². The lowest BCUT2D eigenvalue weighted by Crippen LogP contribution is -2.45. The van der Waals surface area contributed by atoms with E-state index >= 15 is 0 Å². The fourth-order valence-electron chi connectivity index (χ4n) is 1.22. The van der Waals surface area contributed by atoms with E-state index in [1.165, 1.54) is 18.2 Å². The summed E-state index contributed by atoms with van der Waals surface area (Å²) in [5, 5.41) is -0.159. The van der Waals surface area contributed by atoms with E-state index in [1.807, 2.05) is 0 Å². The van der Waals surface area contributed by atoms with Crippen molar-refractivity contribution in [2.45, 2.75) is 12.8 Å². The van der Waals surface area contributed by atoms with Crippen LogP contribution in [0, 0.1) is 0 Å². The van der Waals surface area contributed by atoms with E-state index in [2.05, 4.69) is 27.8 Å². The number of thiocarbonyl (C=S) groups is 1. The monoisotopic (exact) mass is 293 g/mol. The number of amides is 1. The molecule has 4 N–H and O–H groups in total. The number of alkyl halides is 3. The zero-order valence-electron chi connectivity index (χ0n) is 9.45. The molecule has 0 radical (unpaired) electrons. The molecule has 1 aromatic carbocycles. The highest BCUT2D eigenvalue weighted by atomic mass is 32.1. The quantitative estimate of drug-likeness (QED) is 0.572. The average Bonchev–Trinajstić information content (AvgIpc) is 2.27. The first-order valence-electron chi connectivity index (χ1n) is 4.96. The maximum absolute atomic E-state index is 12.1. The molecule has 0 saturated heterocycles. The van der Waals surface area contributed by atoms with Gasteiger partial charge >= 0.3 is 6.36 Å². The van der Waals surface area contributed by atoms with Crippen molar-refractivity contribution in [3.8, 4) is 5.75 Å². The number of hydrogen-bond acceptors (Lipinski definition) is 3. The minimum atomic E-state index is -4.82. The molecule has 1 amide bonds. The number of nitrogens with two attached hydrogens (primary N) is 1.